The van der Waals surface area contributed by atoms with E-state index >= 15 is 0 Å². The monoisotopic (exact) mass is 241 g/mol. The molecule has 0 atom stereocenters. The van der Waals surface area contributed by atoms with Crippen molar-refractivity contribution < 1.29 is 9.53 Å². The molecule has 2 aliphatic rings. The van der Waals surface area contributed by atoms with Crippen LogP contribution in [0, 0.1) is 0 Å². The fourth-order valence-electron chi connectivity index (χ4n) is 2.56. The molecule has 17 heavy (non-hydrogen) atoms. The first-order valence-corrected chi connectivity index (χ1v) is 6.47. The SMILES string of the molecule is CCNC(=O)N1CC2(C1)CN(C(C)C)CCO2. The molecule has 2 saturated heterocycles. The zero-order chi connectivity index (χ0) is 12.5. The normalized spacial score (nSPS) is 23.9. The van der Waals surface area contributed by atoms with Gasteiger partial charge in [0.25, 0.3) is 0 Å². The number of ether oxygens (including phenoxy) is 1. The summed E-state index contributed by atoms with van der Waals surface area (Å²) in [5.41, 5.74) is -0.104. The van der Waals surface area contributed by atoms with E-state index < -0.39 is 0 Å². The van der Waals surface area contributed by atoms with Crippen LogP contribution in [0.3, 0.4) is 0 Å². The molecular weight excluding hydrogens is 218 g/mol. The van der Waals surface area contributed by atoms with Crippen LogP contribution in [-0.2, 0) is 4.74 Å². The second-order valence-electron chi connectivity index (χ2n) is 5.29. The molecule has 0 saturated carbocycles. The molecule has 0 aromatic rings. The lowest BCUT2D eigenvalue weighted by Crippen LogP contribution is -2.72. The Balaban J connectivity index is 1.85. The number of nitrogens with zero attached hydrogens (tertiary/aromatic N) is 2. The molecule has 5 heteroatoms. The molecule has 0 aromatic carbocycles. The van der Waals surface area contributed by atoms with Crippen LogP contribution in [0.5, 0.6) is 0 Å². The lowest BCUT2D eigenvalue weighted by molar-refractivity contribution is -0.174. The quantitative estimate of drug-likeness (QED) is 0.766. The molecule has 2 amide bonds. The smallest absolute Gasteiger partial charge is 0.317 e. The van der Waals surface area contributed by atoms with Crippen LogP contribution in [0.2, 0.25) is 0 Å². The van der Waals surface area contributed by atoms with E-state index in [0.717, 1.165) is 32.8 Å². The molecule has 1 spiro atoms. The molecule has 2 heterocycles. The summed E-state index contributed by atoms with van der Waals surface area (Å²) in [4.78, 5) is 15.9. The van der Waals surface area contributed by atoms with Crippen molar-refractivity contribution in [2.75, 3.05) is 39.3 Å². The Morgan fingerprint density at radius 1 is 1.41 bits per heavy atom. The standard InChI is InChI=1S/C12H23N3O2/c1-4-13-11(16)15-8-12(9-15)7-14(10(2)3)5-6-17-12/h10H,4-9H2,1-3H3,(H,13,16). The van der Waals surface area contributed by atoms with Crippen molar-refractivity contribution in [3.8, 4) is 0 Å². The molecule has 0 bridgehead atoms. The average Bonchev–Trinajstić information content (AvgIpc) is 2.26. The van der Waals surface area contributed by atoms with Crippen LogP contribution in [0.25, 0.3) is 0 Å². The van der Waals surface area contributed by atoms with Gasteiger partial charge in [0.05, 0.1) is 19.7 Å². The van der Waals surface area contributed by atoms with Gasteiger partial charge < -0.3 is 15.0 Å². The van der Waals surface area contributed by atoms with Crippen LogP contribution in [0.4, 0.5) is 4.79 Å². The first-order valence-electron chi connectivity index (χ1n) is 6.47. The summed E-state index contributed by atoms with van der Waals surface area (Å²) in [5.74, 6) is 0. The highest BCUT2D eigenvalue weighted by Gasteiger charge is 2.49. The van der Waals surface area contributed by atoms with Crippen molar-refractivity contribution in [2.24, 2.45) is 0 Å². The maximum Gasteiger partial charge on any atom is 0.317 e. The van der Waals surface area contributed by atoms with Gasteiger partial charge in [-0.25, -0.2) is 4.79 Å². The fraction of sp³-hybridized carbons (Fsp3) is 0.917. The number of rotatable bonds is 2. The van der Waals surface area contributed by atoms with Crippen molar-refractivity contribution >= 4 is 6.03 Å². The van der Waals surface area contributed by atoms with Gasteiger partial charge in [0.1, 0.15) is 5.60 Å². The molecule has 5 nitrogen and oxygen atoms in total. The molecule has 0 unspecified atom stereocenters. The second kappa shape index (κ2) is 4.82. The highest BCUT2D eigenvalue weighted by atomic mass is 16.5. The van der Waals surface area contributed by atoms with Gasteiger partial charge >= 0.3 is 6.03 Å². The second-order valence-corrected chi connectivity index (χ2v) is 5.29. The van der Waals surface area contributed by atoms with E-state index in [4.69, 9.17) is 4.74 Å². The number of amides is 2. The van der Waals surface area contributed by atoms with Gasteiger partial charge in [0.15, 0.2) is 0 Å². The topological polar surface area (TPSA) is 44.8 Å². The summed E-state index contributed by atoms with van der Waals surface area (Å²) in [5, 5.41) is 2.82. The Morgan fingerprint density at radius 2 is 2.12 bits per heavy atom. The molecule has 0 aliphatic carbocycles. The first kappa shape index (κ1) is 12.6. The van der Waals surface area contributed by atoms with E-state index in [1.807, 2.05) is 11.8 Å². The van der Waals surface area contributed by atoms with E-state index in [1.165, 1.54) is 0 Å². The molecular formula is C12H23N3O2. The predicted octanol–water partition coefficient (Wildman–Crippen LogP) is 0.511. The van der Waals surface area contributed by atoms with Gasteiger partial charge in [-0.2, -0.15) is 0 Å². The molecule has 98 valence electrons. The minimum Gasteiger partial charge on any atom is -0.369 e. The largest absolute Gasteiger partial charge is 0.369 e. The molecule has 2 rings (SSSR count). The number of hydrogen-bond donors (Lipinski definition) is 1. The highest BCUT2D eigenvalue weighted by molar-refractivity contribution is 5.75. The molecule has 2 fully saturated rings. The van der Waals surface area contributed by atoms with Gasteiger partial charge in [0.2, 0.25) is 0 Å². The van der Waals surface area contributed by atoms with Crippen molar-refractivity contribution in [3.63, 3.8) is 0 Å². The minimum atomic E-state index is -0.104. The van der Waals surface area contributed by atoms with Crippen molar-refractivity contribution in [1.29, 1.82) is 0 Å². The Kier molecular flexibility index (Phi) is 3.58. The number of morpholine rings is 1. The Bertz CT molecular complexity index is 287. The number of hydrogen-bond acceptors (Lipinski definition) is 3. The summed E-state index contributed by atoms with van der Waals surface area (Å²) in [6.45, 7) is 11.2. The third kappa shape index (κ3) is 2.55. The highest BCUT2D eigenvalue weighted by Crippen LogP contribution is 2.29. The van der Waals surface area contributed by atoms with Crippen molar-refractivity contribution in [2.45, 2.75) is 32.4 Å². The van der Waals surface area contributed by atoms with E-state index in [0.29, 0.717) is 12.6 Å². The zero-order valence-electron chi connectivity index (χ0n) is 11.0. The molecule has 1 N–H and O–H groups in total. The summed E-state index contributed by atoms with van der Waals surface area (Å²) < 4.78 is 5.88. The molecule has 2 aliphatic heterocycles. The predicted molar refractivity (Wildman–Crippen MR) is 66.0 cm³/mol. The third-order valence-corrected chi connectivity index (χ3v) is 3.58. The van der Waals surface area contributed by atoms with Gasteiger partial charge in [-0.1, -0.05) is 0 Å². The average molecular weight is 241 g/mol. The van der Waals surface area contributed by atoms with E-state index in [2.05, 4.69) is 24.1 Å². The van der Waals surface area contributed by atoms with Gasteiger partial charge in [-0.05, 0) is 20.8 Å². The van der Waals surface area contributed by atoms with Crippen molar-refractivity contribution in [1.82, 2.24) is 15.1 Å². The summed E-state index contributed by atoms with van der Waals surface area (Å²) in [7, 11) is 0. The van der Waals surface area contributed by atoms with Gasteiger partial charge in [-0.3, -0.25) is 4.90 Å². The third-order valence-electron chi connectivity index (χ3n) is 3.58. The van der Waals surface area contributed by atoms with Crippen LogP contribution in [0.15, 0.2) is 0 Å². The Labute approximate surface area is 103 Å². The van der Waals surface area contributed by atoms with Crippen LogP contribution < -0.4 is 5.32 Å². The molecule has 0 radical (unpaired) electrons. The van der Waals surface area contributed by atoms with Crippen LogP contribution >= 0.6 is 0 Å². The number of likely N-dealkylation sites (tertiary alicyclic amines) is 1. The number of carbonyl (C=O) groups excluding carboxylic acids is 1. The lowest BCUT2D eigenvalue weighted by Gasteiger charge is -2.54. The van der Waals surface area contributed by atoms with Crippen LogP contribution in [-0.4, -0.2) is 66.8 Å². The van der Waals surface area contributed by atoms with E-state index in [-0.39, 0.29) is 11.6 Å². The maximum atomic E-state index is 11.6. The van der Waals surface area contributed by atoms with Crippen LogP contribution in [0.1, 0.15) is 20.8 Å². The Hall–Kier alpha value is -0.810. The zero-order valence-corrected chi connectivity index (χ0v) is 11.0. The number of urea groups is 1. The lowest BCUT2D eigenvalue weighted by atomic mass is 9.91. The summed E-state index contributed by atoms with van der Waals surface area (Å²) >= 11 is 0. The summed E-state index contributed by atoms with van der Waals surface area (Å²) in [6, 6.07) is 0.581. The maximum absolute atomic E-state index is 11.6. The molecule has 0 aromatic heterocycles. The van der Waals surface area contributed by atoms with E-state index in [1.54, 1.807) is 0 Å². The summed E-state index contributed by atoms with van der Waals surface area (Å²) in [6.07, 6.45) is 0. The number of nitrogens with one attached hydrogen (secondary N) is 1. The van der Waals surface area contributed by atoms with E-state index in [9.17, 15) is 4.79 Å². The minimum absolute atomic E-state index is 0.0309. The van der Waals surface area contributed by atoms with Crippen molar-refractivity contribution in [3.05, 3.63) is 0 Å². The van der Waals surface area contributed by atoms with Gasteiger partial charge in [0, 0.05) is 25.7 Å². The van der Waals surface area contributed by atoms with Gasteiger partial charge in [-0.15, -0.1) is 0 Å². The number of carbonyl (C=O) groups is 1. The fourth-order valence-corrected chi connectivity index (χ4v) is 2.56. The first-order chi connectivity index (χ1) is 8.06. The Morgan fingerprint density at radius 3 is 2.71 bits per heavy atom.